The largest absolute Gasteiger partial charge is 0.507 e. The molecule has 23 heavy (non-hydrogen) atoms. The number of carbonyl (C=O) groups is 1. The first-order chi connectivity index (χ1) is 10.7. The highest BCUT2D eigenvalue weighted by atomic mass is 16.3. The fourth-order valence-electron chi connectivity index (χ4n) is 2.32. The summed E-state index contributed by atoms with van der Waals surface area (Å²) in [6.07, 6.45) is 0.439. The summed E-state index contributed by atoms with van der Waals surface area (Å²) in [5.41, 5.74) is -0.790. The predicted octanol–water partition coefficient (Wildman–Crippen LogP) is 2.74. The van der Waals surface area contributed by atoms with Crippen molar-refractivity contribution in [1.82, 2.24) is 0 Å². The van der Waals surface area contributed by atoms with Crippen LogP contribution in [0.15, 0.2) is 36.4 Å². The van der Waals surface area contributed by atoms with Gasteiger partial charge in [-0.3, -0.25) is 4.79 Å². The van der Waals surface area contributed by atoms with Gasteiger partial charge in [0.2, 0.25) is 5.78 Å². The monoisotopic (exact) mass is 316 g/mol. The predicted molar refractivity (Wildman–Crippen MR) is 85.9 cm³/mol. The zero-order valence-corrected chi connectivity index (χ0v) is 13.1. The maximum absolute atomic E-state index is 12.5. The molecule has 5 nitrogen and oxygen atoms in total. The topological polar surface area (TPSA) is 98.0 Å². The van der Waals surface area contributed by atoms with E-state index < -0.39 is 22.9 Å². The molecule has 122 valence electrons. The van der Waals surface area contributed by atoms with E-state index >= 15 is 0 Å². The molecule has 0 fully saturated rings. The number of phenolic OH excluding ortho intramolecular Hbond substituents is 3. The summed E-state index contributed by atoms with van der Waals surface area (Å²) >= 11 is 0. The molecule has 0 saturated heterocycles. The minimum atomic E-state index is -0.986. The summed E-state index contributed by atoms with van der Waals surface area (Å²) in [5, 5.41) is 40.0. The normalized spacial score (nSPS) is 11.4. The molecule has 0 spiro atoms. The molecule has 0 saturated carbocycles. The molecule has 4 N–H and O–H groups in total. The first kappa shape index (κ1) is 16.8. The molecule has 5 heteroatoms. The van der Waals surface area contributed by atoms with Crippen molar-refractivity contribution in [3.05, 3.63) is 53.1 Å². The third-order valence-electron chi connectivity index (χ3n) is 3.61. The van der Waals surface area contributed by atoms with E-state index in [2.05, 4.69) is 0 Å². The Bertz CT molecular complexity index is 714. The molecule has 0 aromatic heterocycles. The fourth-order valence-corrected chi connectivity index (χ4v) is 2.32. The Morgan fingerprint density at radius 1 is 1.04 bits per heavy atom. The summed E-state index contributed by atoms with van der Waals surface area (Å²) in [6, 6.07) is 9.29. The molecule has 0 atom stereocenters. The number of phenols is 3. The third kappa shape index (κ3) is 3.81. The van der Waals surface area contributed by atoms with Gasteiger partial charge >= 0.3 is 0 Å². The lowest BCUT2D eigenvalue weighted by molar-refractivity contribution is 0.0711. The molecular formula is C18H20O5. The second-order valence-corrected chi connectivity index (χ2v) is 6.12. The van der Waals surface area contributed by atoms with Gasteiger partial charge in [0, 0.05) is 17.2 Å². The number of aromatic hydroxyl groups is 3. The van der Waals surface area contributed by atoms with Crippen molar-refractivity contribution in [1.29, 1.82) is 0 Å². The van der Waals surface area contributed by atoms with Crippen molar-refractivity contribution in [2.75, 3.05) is 0 Å². The minimum Gasteiger partial charge on any atom is -0.507 e. The van der Waals surface area contributed by atoms with Gasteiger partial charge in [0.1, 0.15) is 22.8 Å². The van der Waals surface area contributed by atoms with Crippen LogP contribution in [-0.2, 0) is 6.42 Å². The van der Waals surface area contributed by atoms with Crippen molar-refractivity contribution in [2.45, 2.75) is 32.3 Å². The first-order valence-electron chi connectivity index (χ1n) is 7.29. The van der Waals surface area contributed by atoms with Crippen LogP contribution < -0.4 is 0 Å². The zero-order chi connectivity index (χ0) is 17.2. The average molecular weight is 316 g/mol. The number of rotatable bonds is 5. The molecule has 2 rings (SSSR count). The van der Waals surface area contributed by atoms with E-state index in [1.165, 1.54) is 0 Å². The lowest BCUT2D eigenvalue weighted by Crippen LogP contribution is -2.19. The highest BCUT2D eigenvalue weighted by Crippen LogP contribution is 2.39. The van der Waals surface area contributed by atoms with E-state index in [0.717, 1.165) is 6.07 Å². The summed E-state index contributed by atoms with van der Waals surface area (Å²) in [7, 11) is 0. The molecule has 0 amide bonds. The van der Waals surface area contributed by atoms with E-state index in [0.29, 0.717) is 5.56 Å². The molecule has 0 aliphatic rings. The lowest BCUT2D eigenvalue weighted by atomic mass is 9.93. The van der Waals surface area contributed by atoms with Gasteiger partial charge in [-0.15, -0.1) is 0 Å². The highest BCUT2D eigenvalue weighted by molar-refractivity contribution is 6.12. The van der Waals surface area contributed by atoms with Gasteiger partial charge in [0.15, 0.2) is 0 Å². The molecule has 0 unspecified atom stereocenters. The van der Waals surface area contributed by atoms with Crippen LogP contribution in [0.2, 0.25) is 0 Å². The number of ketones is 1. The van der Waals surface area contributed by atoms with Crippen LogP contribution >= 0.6 is 0 Å². The smallest absolute Gasteiger partial charge is 0.200 e. The van der Waals surface area contributed by atoms with Crippen molar-refractivity contribution < 1.29 is 25.2 Å². The average Bonchev–Trinajstić information content (AvgIpc) is 2.46. The van der Waals surface area contributed by atoms with E-state index in [9.17, 15) is 25.2 Å². The van der Waals surface area contributed by atoms with E-state index in [1.54, 1.807) is 44.2 Å². The summed E-state index contributed by atoms with van der Waals surface area (Å²) in [6.45, 7) is 3.22. The van der Waals surface area contributed by atoms with Crippen LogP contribution in [0.25, 0.3) is 0 Å². The summed E-state index contributed by atoms with van der Waals surface area (Å²) in [4.78, 5) is 12.5. The van der Waals surface area contributed by atoms with Crippen molar-refractivity contribution in [3.8, 4) is 17.2 Å². The first-order valence-corrected chi connectivity index (χ1v) is 7.29. The van der Waals surface area contributed by atoms with Crippen molar-refractivity contribution in [2.24, 2.45) is 0 Å². The van der Waals surface area contributed by atoms with E-state index in [1.807, 2.05) is 0 Å². The second-order valence-electron chi connectivity index (χ2n) is 6.12. The van der Waals surface area contributed by atoms with Crippen molar-refractivity contribution >= 4 is 5.78 Å². The van der Waals surface area contributed by atoms with Gasteiger partial charge in [-0.25, -0.2) is 0 Å². The molecule has 0 radical (unpaired) electrons. The lowest BCUT2D eigenvalue weighted by Gasteiger charge is -2.19. The molecule has 0 aliphatic heterocycles. The van der Waals surface area contributed by atoms with Crippen LogP contribution in [-0.4, -0.2) is 31.8 Å². The maximum atomic E-state index is 12.5. The molecular weight excluding hydrogens is 296 g/mol. The van der Waals surface area contributed by atoms with E-state index in [4.69, 9.17) is 0 Å². The van der Waals surface area contributed by atoms with Crippen molar-refractivity contribution in [3.63, 3.8) is 0 Å². The Labute approximate surface area is 134 Å². The summed E-state index contributed by atoms with van der Waals surface area (Å²) in [5.74, 6) is -1.79. The molecule has 2 aromatic carbocycles. The number of benzene rings is 2. The van der Waals surface area contributed by atoms with Gasteiger partial charge < -0.3 is 20.4 Å². The standard InChI is InChI=1S/C18H20O5/c1-18(2,23)9-8-12-13(19)10-14(20)15(17(12)22)16(21)11-6-4-3-5-7-11/h3-7,10,19-20,22-23H,8-9H2,1-2H3. The minimum absolute atomic E-state index is 0.129. The highest BCUT2D eigenvalue weighted by Gasteiger charge is 2.25. The van der Waals surface area contributed by atoms with Crippen LogP contribution in [0.4, 0.5) is 0 Å². The van der Waals surface area contributed by atoms with Gasteiger partial charge in [0.05, 0.1) is 5.60 Å². The van der Waals surface area contributed by atoms with Gasteiger partial charge in [-0.2, -0.15) is 0 Å². The summed E-state index contributed by atoms with van der Waals surface area (Å²) < 4.78 is 0. The molecule has 2 aromatic rings. The molecule has 0 heterocycles. The number of hydrogen-bond donors (Lipinski definition) is 4. The fraction of sp³-hybridized carbons (Fsp3) is 0.278. The van der Waals surface area contributed by atoms with Gasteiger partial charge in [-0.05, 0) is 26.7 Å². The van der Waals surface area contributed by atoms with Crippen LogP contribution in [0, 0.1) is 0 Å². The van der Waals surface area contributed by atoms with Gasteiger partial charge in [-0.1, -0.05) is 30.3 Å². The van der Waals surface area contributed by atoms with Gasteiger partial charge in [0.25, 0.3) is 0 Å². The maximum Gasteiger partial charge on any atom is 0.200 e. The SMILES string of the molecule is CC(C)(O)CCc1c(O)cc(O)c(C(=O)c2ccccc2)c1O. The van der Waals surface area contributed by atoms with Crippen LogP contribution in [0.5, 0.6) is 17.2 Å². The Morgan fingerprint density at radius 3 is 2.22 bits per heavy atom. The van der Waals surface area contributed by atoms with Crippen LogP contribution in [0.1, 0.15) is 41.8 Å². The number of aliphatic hydroxyl groups is 1. The quantitative estimate of drug-likeness (QED) is 0.636. The zero-order valence-electron chi connectivity index (χ0n) is 13.1. The van der Waals surface area contributed by atoms with E-state index in [-0.39, 0.29) is 29.7 Å². The number of carbonyl (C=O) groups excluding carboxylic acids is 1. The second kappa shape index (κ2) is 6.30. The third-order valence-corrected chi connectivity index (χ3v) is 3.61. The Kier molecular flexibility index (Phi) is 4.61. The molecule has 0 aliphatic carbocycles. The Balaban J connectivity index is 2.46. The Morgan fingerprint density at radius 2 is 1.65 bits per heavy atom. The van der Waals surface area contributed by atoms with Crippen LogP contribution in [0.3, 0.4) is 0 Å². The number of hydrogen-bond acceptors (Lipinski definition) is 5. The Hall–Kier alpha value is -2.53. The molecule has 0 bridgehead atoms.